The van der Waals surface area contributed by atoms with Gasteiger partial charge >= 0.3 is 0 Å². The largest absolute Gasteiger partial charge is 1.00 e. The Morgan fingerprint density at radius 2 is 1.50 bits per heavy atom. The highest BCUT2D eigenvalue weighted by atomic mass is 127. The monoisotopic (exact) mass is 304 g/mol. The minimum atomic E-state index is -0.138. The van der Waals surface area contributed by atoms with Gasteiger partial charge in [0.2, 0.25) is 12.4 Å². The zero-order chi connectivity index (χ0) is 9.26. The molecule has 0 spiro atoms. The smallest absolute Gasteiger partial charge is 0.287 e. The van der Waals surface area contributed by atoms with Crippen LogP contribution in [0.25, 0.3) is 0 Å². The average Bonchev–Trinajstić information content (AvgIpc) is 2.48. The van der Waals surface area contributed by atoms with Crippen LogP contribution >= 0.6 is 0 Å². The van der Waals surface area contributed by atoms with E-state index in [2.05, 4.69) is 0 Å². The molecule has 5 heteroatoms. The molecule has 1 aromatic heterocycles. The molecule has 2 rings (SSSR count). The summed E-state index contributed by atoms with van der Waals surface area (Å²) in [5.41, 5.74) is 0. The van der Waals surface area contributed by atoms with Crippen LogP contribution < -0.4 is 33.7 Å². The predicted molar refractivity (Wildman–Crippen MR) is 44.1 cm³/mol. The predicted octanol–water partition coefficient (Wildman–Crippen LogP) is -3.24. The number of halogens is 1. The maximum absolute atomic E-state index is 11.3. The summed E-state index contributed by atoms with van der Waals surface area (Å²) in [6, 6.07) is 5.39. The fourth-order valence-electron chi connectivity index (χ4n) is 1.35. The van der Waals surface area contributed by atoms with Crippen molar-refractivity contribution in [3.63, 3.8) is 0 Å². The van der Waals surface area contributed by atoms with Crippen LogP contribution in [-0.2, 0) is 9.59 Å². The Morgan fingerprint density at radius 3 is 2.00 bits per heavy atom. The molecule has 74 valence electrons. The third kappa shape index (κ3) is 1.92. The summed E-state index contributed by atoms with van der Waals surface area (Å²) < 4.78 is 1.51. The number of rotatable bonds is 1. The van der Waals surface area contributed by atoms with Crippen molar-refractivity contribution in [1.82, 2.24) is 0 Å². The third-order valence-electron chi connectivity index (χ3n) is 1.96. The molecule has 0 N–H and O–H groups in total. The minimum absolute atomic E-state index is 0. The van der Waals surface area contributed by atoms with Gasteiger partial charge in [-0.1, -0.05) is 10.7 Å². The summed E-state index contributed by atoms with van der Waals surface area (Å²) in [6.07, 6.45) is 4.00. The molecule has 2 amide bonds. The molecule has 0 aliphatic carbocycles. The van der Waals surface area contributed by atoms with Gasteiger partial charge in [-0.15, -0.1) is 0 Å². The molecule has 1 fully saturated rings. The number of nitrogens with zero attached hydrogens (tertiary/aromatic N) is 2. The van der Waals surface area contributed by atoms with E-state index in [1.54, 1.807) is 24.5 Å². The molecule has 1 aromatic rings. The molecule has 0 atom stereocenters. The lowest BCUT2D eigenvalue weighted by atomic mass is 10.4. The van der Waals surface area contributed by atoms with Crippen LogP contribution in [0.5, 0.6) is 0 Å². The van der Waals surface area contributed by atoms with Gasteiger partial charge < -0.3 is 24.0 Å². The lowest BCUT2D eigenvalue weighted by Crippen LogP contribution is -3.00. The second-order valence-electron chi connectivity index (χ2n) is 2.85. The van der Waals surface area contributed by atoms with Gasteiger partial charge in [0.05, 0.1) is 0 Å². The first-order chi connectivity index (χ1) is 6.29. The number of amides is 2. The first-order valence-corrected chi connectivity index (χ1v) is 4.11. The molecule has 1 aliphatic rings. The van der Waals surface area contributed by atoms with Gasteiger partial charge in [0.25, 0.3) is 11.8 Å². The normalized spacial score (nSPS) is 15.6. The third-order valence-corrected chi connectivity index (χ3v) is 1.96. The van der Waals surface area contributed by atoms with E-state index in [-0.39, 0.29) is 35.8 Å². The highest BCUT2D eigenvalue weighted by Gasteiger charge is 2.36. The maximum atomic E-state index is 11.3. The van der Waals surface area contributed by atoms with Gasteiger partial charge in [-0.05, 0) is 5.01 Å². The van der Waals surface area contributed by atoms with E-state index in [9.17, 15) is 9.59 Å². The number of imide groups is 1. The number of hydrogen-bond donors (Lipinski definition) is 0. The molecular formula is C9H9IN2O2. The van der Waals surface area contributed by atoms with Crippen molar-refractivity contribution in [1.29, 1.82) is 0 Å². The summed E-state index contributed by atoms with van der Waals surface area (Å²) in [5, 5.41) is 1.17. The SMILES string of the molecule is O=C1CCC(=O)N1[n+]1ccccc1.[I-]. The minimum Gasteiger partial charge on any atom is -1.00 e. The molecular weight excluding hydrogens is 295 g/mol. The second kappa shape index (κ2) is 4.50. The van der Waals surface area contributed by atoms with Gasteiger partial charge in [0.15, 0.2) is 0 Å². The van der Waals surface area contributed by atoms with Crippen LogP contribution in [0.2, 0.25) is 0 Å². The number of aromatic nitrogens is 1. The molecule has 0 bridgehead atoms. The van der Waals surface area contributed by atoms with Crippen molar-refractivity contribution >= 4 is 11.8 Å². The maximum Gasteiger partial charge on any atom is 0.287 e. The van der Waals surface area contributed by atoms with Crippen molar-refractivity contribution < 1.29 is 38.2 Å². The van der Waals surface area contributed by atoms with E-state index in [0.29, 0.717) is 12.8 Å². The average molecular weight is 304 g/mol. The zero-order valence-corrected chi connectivity index (χ0v) is 9.55. The molecule has 0 saturated carbocycles. The molecule has 2 heterocycles. The zero-order valence-electron chi connectivity index (χ0n) is 7.39. The fourth-order valence-corrected chi connectivity index (χ4v) is 1.35. The number of carbonyl (C=O) groups is 2. The lowest BCUT2D eigenvalue weighted by molar-refractivity contribution is -0.673. The van der Waals surface area contributed by atoms with E-state index in [1.807, 2.05) is 6.07 Å². The van der Waals surface area contributed by atoms with Crippen LogP contribution in [0.15, 0.2) is 30.6 Å². The van der Waals surface area contributed by atoms with E-state index in [0.717, 1.165) is 0 Å². The van der Waals surface area contributed by atoms with Gasteiger partial charge in [-0.3, -0.25) is 9.59 Å². The summed E-state index contributed by atoms with van der Waals surface area (Å²) in [6.45, 7) is 0. The molecule has 4 nitrogen and oxygen atoms in total. The Balaban J connectivity index is 0.000000980. The number of carbonyl (C=O) groups excluding carboxylic acids is 2. The second-order valence-corrected chi connectivity index (χ2v) is 2.85. The van der Waals surface area contributed by atoms with Gasteiger partial charge in [0, 0.05) is 25.0 Å². The highest BCUT2D eigenvalue weighted by molar-refractivity contribution is 6.12. The fraction of sp³-hybridized carbons (Fsp3) is 0.222. The van der Waals surface area contributed by atoms with E-state index >= 15 is 0 Å². The van der Waals surface area contributed by atoms with E-state index in [4.69, 9.17) is 0 Å². The number of pyridine rings is 1. The van der Waals surface area contributed by atoms with Crippen LogP contribution in [-0.4, -0.2) is 11.8 Å². The Bertz CT molecular complexity index is 337. The summed E-state index contributed by atoms with van der Waals surface area (Å²) >= 11 is 0. The van der Waals surface area contributed by atoms with Gasteiger partial charge in [-0.25, -0.2) is 0 Å². The highest BCUT2D eigenvalue weighted by Crippen LogP contribution is 2.05. The molecule has 0 radical (unpaired) electrons. The van der Waals surface area contributed by atoms with Crippen LogP contribution in [0, 0.1) is 0 Å². The topological polar surface area (TPSA) is 41.3 Å². The Hall–Kier alpha value is -0.980. The lowest BCUT2D eigenvalue weighted by Gasteiger charge is -2.04. The van der Waals surface area contributed by atoms with Crippen LogP contribution in [0.4, 0.5) is 0 Å². The Morgan fingerprint density at radius 1 is 1.00 bits per heavy atom. The number of hydrogen-bond acceptors (Lipinski definition) is 2. The first kappa shape index (κ1) is 11.1. The van der Waals surface area contributed by atoms with Crippen molar-refractivity contribution in [3.05, 3.63) is 30.6 Å². The summed E-state index contributed by atoms with van der Waals surface area (Å²) in [4.78, 5) is 22.5. The van der Waals surface area contributed by atoms with Crippen molar-refractivity contribution in [2.75, 3.05) is 5.01 Å². The standard InChI is InChI=1S/C9H9N2O2.HI/c12-8-4-5-9(13)11(8)10-6-2-1-3-7-10;/h1-3,6-7H,4-5H2;1H/q+1;/p-1. The van der Waals surface area contributed by atoms with E-state index in [1.165, 1.54) is 9.69 Å². The van der Waals surface area contributed by atoms with Crippen molar-refractivity contribution in [3.8, 4) is 0 Å². The van der Waals surface area contributed by atoms with Gasteiger partial charge in [-0.2, -0.15) is 0 Å². The van der Waals surface area contributed by atoms with Crippen molar-refractivity contribution in [2.24, 2.45) is 0 Å². The molecule has 0 unspecified atom stereocenters. The van der Waals surface area contributed by atoms with Crippen molar-refractivity contribution in [2.45, 2.75) is 12.8 Å². The van der Waals surface area contributed by atoms with Crippen LogP contribution in [0.3, 0.4) is 0 Å². The van der Waals surface area contributed by atoms with Crippen LogP contribution in [0.1, 0.15) is 12.8 Å². The summed E-state index contributed by atoms with van der Waals surface area (Å²) in [7, 11) is 0. The van der Waals surface area contributed by atoms with Gasteiger partial charge in [0.1, 0.15) is 0 Å². The van der Waals surface area contributed by atoms with E-state index < -0.39 is 0 Å². The quantitative estimate of drug-likeness (QED) is 0.311. The Labute approximate surface area is 98.5 Å². The molecule has 14 heavy (non-hydrogen) atoms. The molecule has 0 aromatic carbocycles. The summed E-state index contributed by atoms with van der Waals surface area (Å²) in [5.74, 6) is -0.276. The first-order valence-electron chi connectivity index (χ1n) is 4.11. The molecule has 1 saturated heterocycles. The molecule has 1 aliphatic heterocycles. The Kier molecular flexibility index (Phi) is 3.56.